The summed E-state index contributed by atoms with van der Waals surface area (Å²) in [6, 6.07) is 24.7. The summed E-state index contributed by atoms with van der Waals surface area (Å²) in [5, 5.41) is 42.0. The molecule has 1 fully saturated rings. The number of benzene rings is 4. The van der Waals surface area contributed by atoms with Gasteiger partial charge in [-0.3, -0.25) is 4.79 Å². The fraction of sp³-hybridized carbons (Fsp3) is 0.229. The second kappa shape index (κ2) is 12.8. The zero-order valence-corrected chi connectivity index (χ0v) is 23.3. The highest BCUT2D eigenvalue weighted by Crippen LogP contribution is 2.50. The number of hydrogen-bond donors (Lipinski definition) is 4. The monoisotopic (exact) mass is 566 g/mol. The number of ketones is 1. The number of ether oxygens (including phenoxy) is 2. The second-order valence-electron chi connectivity index (χ2n) is 10.6. The molecule has 0 saturated carbocycles. The van der Waals surface area contributed by atoms with Crippen LogP contribution < -0.4 is 4.74 Å². The molecule has 3 atom stereocenters. The quantitative estimate of drug-likeness (QED) is 0.127. The molecule has 0 spiro atoms. The number of carbonyl (C=O) groups excluding carboxylic acids is 1. The van der Waals surface area contributed by atoms with Crippen molar-refractivity contribution in [2.24, 2.45) is 0 Å². The van der Waals surface area contributed by atoms with E-state index in [4.69, 9.17) is 9.47 Å². The number of aryl methyl sites for hydroxylation is 1. The number of rotatable bonds is 9. The molecule has 4 N–H and O–H groups in total. The molecular formula is C35H34O7. The fourth-order valence-corrected chi connectivity index (χ4v) is 5.60. The molecule has 42 heavy (non-hydrogen) atoms. The first kappa shape index (κ1) is 28.8. The molecule has 216 valence electrons. The number of carbonyl (C=O) groups is 1. The van der Waals surface area contributed by atoms with Gasteiger partial charge in [0.05, 0.1) is 19.3 Å². The van der Waals surface area contributed by atoms with Crippen LogP contribution in [0.15, 0.2) is 91.0 Å². The van der Waals surface area contributed by atoms with E-state index in [1.54, 1.807) is 30.3 Å². The lowest BCUT2D eigenvalue weighted by atomic mass is 9.80. The van der Waals surface area contributed by atoms with Crippen molar-refractivity contribution in [1.82, 2.24) is 0 Å². The van der Waals surface area contributed by atoms with Crippen LogP contribution in [0.25, 0.3) is 6.08 Å². The standard InChI is InChI=1S/C35H34O7/c1-41-32-21-30(39)33(35(40)34(32)29(38)18-10-23-7-13-26(36)14-8-23)25-19-28(17-9-22-5-3-2-4-6-22)42-31(20-25)24-11-15-27(37)16-12-24/h2-8,10-16,18,21,25,28,31,36-37,39-40H,9,17,19-20H2,1H3. The summed E-state index contributed by atoms with van der Waals surface area (Å²) >= 11 is 0. The Kier molecular flexibility index (Phi) is 8.79. The van der Waals surface area contributed by atoms with Gasteiger partial charge in [-0.05, 0) is 78.6 Å². The van der Waals surface area contributed by atoms with Crippen LogP contribution in [-0.2, 0) is 11.2 Å². The highest BCUT2D eigenvalue weighted by molar-refractivity contribution is 6.11. The third-order valence-electron chi connectivity index (χ3n) is 7.74. The van der Waals surface area contributed by atoms with Crippen LogP contribution in [0.2, 0.25) is 0 Å². The zero-order chi connectivity index (χ0) is 29.6. The largest absolute Gasteiger partial charge is 0.508 e. The zero-order valence-electron chi connectivity index (χ0n) is 23.3. The third kappa shape index (κ3) is 6.58. The van der Waals surface area contributed by atoms with Gasteiger partial charge in [0.1, 0.15) is 34.3 Å². The van der Waals surface area contributed by atoms with Gasteiger partial charge < -0.3 is 29.9 Å². The number of aromatic hydroxyl groups is 4. The van der Waals surface area contributed by atoms with E-state index >= 15 is 0 Å². The van der Waals surface area contributed by atoms with Crippen molar-refractivity contribution >= 4 is 11.9 Å². The topological polar surface area (TPSA) is 116 Å². The molecule has 0 radical (unpaired) electrons. The molecule has 0 amide bonds. The molecule has 0 aliphatic carbocycles. The Balaban J connectivity index is 1.48. The Morgan fingerprint density at radius 1 is 0.905 bits per heavy atom. The van der Waals surface area contributed by atoms with Crippen molar-refractivity contribution in [2.45, 2.75) is 43.8 Å². The van der Waals surface area contributed by atoms with Gasteiger partial charge in [-0.2, -0.15) is 0 Å². The summed E-state index contributed by atoms with van der Waals surface area (Å²) in [7, 11) is 1.38. The van der Waals surface area contributed by atoms with E-state index in [0.29, 0.717) is 18.4 Å². The van der Waals surface area contributed by atoms with Gasteiger partial charge in [0.15, 0.2) is 5.78 Å². The van der Waals surface area contributed by atoms with Crippen LogP contribution in [0.3, 0.4) is 0 Å². The first-order valence-corrected chi connectivity index (χ1v) is 13.9. The van der Waals surface area contributed by atoms with Gasteiger partial charge in [0, 0.05) is 11.6 Å². The molecule has 1 aliphatic rings. The molecule has 7 heteroatoms. The summed E-state index contributed by atoms with van der Waals surface area (Å²) < 4.78 is 11.9. The van der Waals surface area contributed by atoms with Crippen LogP contribution in [0.1, 0.15) is 63.9 Å². The summed E-state index contributed by atoms with van der Waals surface area (Å²) in [5.41, 5.74) is 3.01. The van der Waals surface area contributed by atoms with Crippen LogP contribution in [0, 0.1) is 0 Å². The normalized spacial score (nSPS) is 18.6. The molecule has 5 rings (SSSR count). The molecular weight excluding hydrogens is 532 g/mol. The molecule has 1 saturated heterocycles. The van der Waals surface area contributed by atoms with Gasteiger partial charge in [-0.1, -0.05) is 60.7 Å². The van der Waals surface area contributed by atoms with Crippen LogP contribution in [0.4, 0.5) is 0 Å². The van der Waals surface area contributed by atoms with Gasteiger partial charge in [-0.15, -0.1) is 0 Å². The summed E-state index contributed by atoms with van der Waals surface area (Å²) in [6.07, 6.45) is 4.90. The van der Waals surface area contributed by atoms with Crippen LogP contribution >= 0.6 is 0 Å². The van der Waals surface area contributed by atoms with Crippen molar-refractivity contribution < 1.29 is 34.7 Å². The van der Waals surface area contributed by atoms with E-state index in [-0.39, 0.29) is 58.0 Å². The predicted molar refractivity (Wildman–Crippen MR) is 160 cm³/mol. The third-order valence-corrected chi connectivity index (χ3v) is 7.74. The lowest BCUT2D eigenvalue weighted by Gasteiger charge is -2.37. The Bertz CT molecular complexity index is 1540. The molecule has 7 nitrogen and oxygen atoms in total. The Morgan fingerprint density at radius 3 is 2.24 bits per heavy atom. The first-order chi connectivity index (χ1) is 20.3. The summed E-state index contributed by atoms with van der Waals surface area (Å²) in [4.78, 5) is 13.4. The number of phenols is 4. The Morgan fingerprint density at radius 2 is 1.57 bits per heavy atom. The summed E-state index contributed by atoms with van der Waals surface area (Å²) in [5.74, 6) is -0.937. The highest BCUT2D eigenvalue weighted by Gasteiger charge is 2.36. The van der Waals surface area contributed by atoms with Crippen LogP contribution in [-0.4, -0.2) is 39.4 Å². The minimum Gasteiger partial charge on any atom is -0.508 e. The van der Waals surface area contributed by atoms with Gasteiger partial charge in [0.2, 0.25) is 0 Å². The maximum absolute atomic E-state index is 13.4. The average Bonchev–Trinajstić information content (AvgIpc) is 3.00. The first-order valence-electron chi connectivity index (χ1n) is 13.9. The number of hydrogen-bond acceptors (Lipinski definition) is 7. The number of phenolic OH excluding ortho intramolecular Hbond substituents is 4. The van der Waals surface area contributed by atoms with Gasteiger partial charge in [0.25, 0.3) is 0 Å². The molecule has 1 heterocycles. The van der Waals surface area contributed by atoms with Gasteiger partial charge >= 0.3 is 0 Å². The van der Waals surface area contributed by atoms with Crippen LogP contribution in [0.5, 0.6) is 28.7 Å². The molecule has 4 aromatic carbocycles. The lowest BCUT2D eigenvalue weighted by molar-refractivity contribution is -0.0632. The summed E-state index contributed by atoms with van der Waals surface area (Å²) in [6.45, 7) is 0. The smallest absolute Gasteiger partial charge is 0.193 e. The molecule has 0 aromatic heterocycles. The highest BCUT2D eigenvalue weighted by atomic mass is 16.5. The maximum atomic E-state index is 13.4. The molecule has 0 bridgehead atoms. The molecule has 3 unspecified atom stereocenters. The van der Waals surface area contributed by atoms with E-state index in [1.807, 2.05) is 30.3 Å². The average molecular weight is 567 g/mol. The minimum atomic E-state index is -0.485. The van der Waals surface area contributed by atoms with E-state index in [1.165, 1.54) is 36.9 Å². The number of allylic oxidation sites excluding steroid dienone is 1. The maximum Gasteiger partial charge on any atom is 0.193 e. The fourth-order valence-electron chi connectivity index (χ4n) is 5.60. The van der Waals surface area contributed by atoms with Crippen molar-refractivity contribution in [3.8, 4) is 28.7 Å². The van der Waals surface area contributed by atoms with E-state index in [9.17, 15) is 25.2 Å². The minimum absolute atomic E-state index is 0.0335. The Hall–Kier alpha value is -4.75. The molecule has 1 aliphatic heterocycles. The Labute approximate surface area is 244 Å². The van der Waals surface area contributed by atoms with E-state index < -0.39 is 5.78 Å². The van der Waals surface area contributed by atoms with Crippen molar-refractivity contribution in [2.75, 3.05) is 7.11 Å². The number of methoxy groups -OCH3 is 1. The van der Waals surface area contributed by atoms with Gasteiger partial charge in [-0.25, -0.2) is 0 Å². The molecule has 4 aromatic rings. The second-order valence-corrected chi connectivity index (χ2v) is 10.6. The van der Waals surface area contributed by atoms with Crippen molar-refractivity contribution in [3.63, 3.8) is 0 Å². The van der Waals surface area contributed by atoms with E-state index in [2.05, 4.69) is 12.1 Å². The SMILES string of the molecule is COc1cc(O)c(C2CC(CCc3ccccc3)OC(c3ccc(O)cc3)C2)c(O)c1C(=O)C=Cc1ccc(O)cc1. The van der Waals surface area contributed by atoms with Crippen molar-refractivity contribution in [3.05, 3.63) is 119 Å². The predicted octanol–water partition coefficient (Wildman–Crippen LogP) is 7.05. The van der Waals surface area contributed by atoms with Crippen molar-refractivity contribution in [1.29, 1.82) is 0 Å². The lowest BCUT2D eigenvalue weighted by Crippen LogP contribution is -2.28. The van der Waals surface area contributed by atoms with E-state index in [0.717, 1.165) is 18.4 Å².